The van der Waals surface area contributed by atoms with Gasteiger partial charge in [0.05, 0.1) is 16.1 Å². The topological polar surface area (TPSA) is 128 Å². The van der Waals surface area contributed by atoms with Gasteiger partial charge in [-0.05, 0) is 23.8 Å². The van der Waals surface area contributed by atoms with Gasteiger partial charge in [-0.25, -0.2) is 5.43 Å². The van der Waals surface area contributed by atoms with E-state index < -0.39 is 15.8 Å². The van der Waals surface area contributed by atoms with Gasteiger partial charge in [0.1, 0.15) is 0 Å². The van der Waals surface area contributed by atoms with Crippen LogP contribution >= 0.6 is 0 Å². The van der Waals surface area contributed by atoms with Gasteiger partial charge < -0.3 is 0 Å². The highest BCUT2D eigenvalue weighted by Gasteiger charge is 2.10. The Bertz CT molecular complexity index is 786. The van der Waals surface area contributed by atoms with E-state index in [-0.39, 0.29) is 16.9 Å². The molecule has 0 aliphatic heterocycles. The third-order valence-corrected chi connectivity index (χ3v) is 2.80. The predicted molar refractivity (Wildman–Crippen MR) is 81.3 cm³/mol. The maximum absolute atomic E-state index is 11.8. The van der Waals surface area contributed by atoms with Gasteiger partial charge in [-0.15, -0.1) is 0 Å². The number of amides is 1. The minimum absolute atomic E-state index is 0.0530. The minimum atomic E-state index is -0.605. The Morgan fingerprint density at radius 1 is 1.00 bits per heavy atom. The Labute approximate surface area is 129 Å². The summed E-state index contributed by atoms with van der Waals surface area (Å²) < 4.78 is 0. The van der Waals surface area contributed by atoms with Crippen LogP contribution in [0.5, 0.6) is 0 Å². The van der Waals surface area contributed by atoms with E-state index in [9.17, 15) is 25.0 Å². The maximum atomic E-state index is 11.8. The van der Waals surface area contributed by atoms with Crippen LogP contribution in [0.1, 0.15) is 15.9 Å². The molecule has 9 heteroatoms. The number of hydrogen-bond donors (Lipinski definition) is 1. The molecule has 0 aliphatic rings. The number of nitrogens with one attached hydrogen (secondary N) is 1. The monoisotopic (exact) mass is 314 g/mol. The molecule has 9 nitrogen and oxygen atoms in total. The highest BCUT2D eigenvalue weighted by atomic mass is 16.6. The average Bonchev–Trinajstić information content (AvgIpc) is 2.55. The van der Waals surface area contributed by atoms with Crippen molar-refractivity contribution in [1.82, 2.24) is 5.43 Å². The first-order valence-corrected chi connectivity index (χ1v) is 6.29. The number of nitro groups is 2. The summed E-state index contributed by atoms with van der Waals surface area (Å²) in [5.74, 6) is -0.605. The van der Waals surface area contributed by atoms with Crippen LogP contribution < -0.4 is 5.43 Å². The van der Waals surface area contributed by atoms with E-state index in [0.717, 1.165) is 6.07 Å². The standard InChI is InChI=1S/C14H10N4O5/c19-14(11-2-1-3-13(8-11)18(22)23)16-15-9-10-4-6-12(7-5-10)17(20)21/h1-9H,(H,16,19)/b15-9+. The molecule has 116 valence electrons. The van der Waals surface area contributed by atoms with Gasteiger partial charge in [0.25, 0.3) is 17.3 Å². The first kappa shape index (κ1) is 15.8. The summed E-state index contributed by atoms with van der Waals surface area (Å²) in [6, 6.07) is 10.8. The lowest BCUT2D eigenvalue weighted by molar-refractivity contribution is -0.385. The first-order valence-electron chi connectivity index (χ1n) is 6.29. The van der Waals surface area contributed by atoms with Crippen LogP contribution in [0.3, 0.4) is 0 Å². The van der Waals surface area contributed by atoms with Gasteiger partial charge in [-0.1, -0.05) is 6.07 Å². The molecule has 0 heterocycles. The van der Waals surface area contributed by atoms with E-state index in [1.807, 2.05) is 0 Å². The molecule has 0 aliphatic carbocycles. The van der Waals surface area contributed by atoms with Crippen LogP contribution in [-0.4, -0.2) is 22.0 Å². The molecule has 2 aromatic carbocycles. The molecule has 1 N–H and O–H groups in total. The number of hydrazone groups is 1. The number of benzene rings is 2. The number of nitrogens with zero attached hydrogens (tertiary/aromatic N) is 3. The van der Waals surface area contributed by atoms with Gasteiger partial charge in [0.2, 0.25) is 0 Å². The maximum Gasteiger partial charge on any atom is 0.271 e. The third kappa shape index (κ3) is 4.17. The zero-order valence-electron chi connectivity index (χ0n) is 11.6. The third-order valence-electron chi connectivity index (χ3n) is 2.80. The van der Waals surface area contributed by atoms with Crippen molar-refractivity contribution in [3.05, 3.63) is 79.9 Å². The van der Waals surface area contributed by atoms with E-state index in [2.05, 4.69) is 10.5 Å². The van der Waals surface area contributed by atoms with Crippen LogP contribution in [0.4, 0.5) is 11.4 Å². The summed E-state index contributed by atoms with van der Waals surface area (Å²) in [6.07, 6.45) is 1.30. The summed E-state index contributed by atoms with van der Waals surface area (Å²) in [7, 11) is 0. The summed E-state index contributed by atoms with van der Waals surface area (Å²) >= 11 is 0. The normalized spacial score (nSPS) is 10.4. The lowest BCUT2D eigenvalue weighted by Crippen LogP contribution is -2.17. The van der Waals surface area contributed by atoms with Crippen molar-refractivity contribution in [2.45, 2.75) is 0 Å². The molecule has 0 radical (unpaired) electrons. The van der Waals surface area contributed by atoms with Crippen molar-refractivity contribution >= 4 is 23.5 Å². The Hall–Kier alpha value is -3.62. The first-order chi connectivity index (χ1) is 11.0. The van der Waals surface area contributed by atoms with Crippen molar-refractivity contribution in [1.29, 1.82) is 0 Å². The van der Waals surface area contributed by atoms with Crippen LogP contribution in [0.25, 0.3) is 0 Å². The summed E-state index contributed by atoms with van der Waals surface area (Å²) in [4.78, 5) is 31.9. The van der Waals surface area contributed by atoms with E-state index in [4.69, 9.17) is 0 Å². The second kappa shape index (κ2) is 6.89. The zero-order valence-corrected chi connectivity index (χ0v) is 11.6. The van der Waals surface area contributed by atoms with Crippen molar-refractivity contribution < 1.29 is 14.6 Å². The van der Waals surface area contributed by atoms with Crippen molar-refractivity contribution in [3.8, 4) is 0 Å². The highest BCUT2D eigenvalue weighted by molar-refractivity contribution is 5.95. The number of hydrogen-bond acceptors (Lipinski definition) is 6. The Morgan fingerprint density at radius 2 is 1.65 bits per heavy atom. The molecule has 1 amide bonds. The van der Waals surface area contributed by atoms with Crippen LogP contribution in [0.15, 0.2) is 53.6 Å². The Kier molecular flexibility index (Phi) is 4.72. The number of carbonyl (C=O) groups is 1. The summed E-state index contributed by atoms with van der Waals surface area (Å²) in [5.41, 5.74) is 2.62. The van der Waals surface area contributed by atoms with Gasteiger partial charge in [0.15, 0.2) is 0 Å². The highest BCUT2D eigenvalue weighted by Crippen LogP contribution is 2.13. The number of carbonyl (C=O) groups excluding carboxylic acids is 1. The molecule has 0 spiro atoms. The second-order valence-corrected chi connectivity index (χ2v) is 4.36. The quantitative estimate of drug-likeness (QED) is 0.514. The van der Waals surface area contributed by atoms with Gasteiger partial charge in [0, 0.05) is 29.8 Å². The molecule has 0 saturated heterocycles. The summed E-state index contributed by atoms with van der Waals surface area (Å²) in [6.45, 7) is 0. The summed E-state index contributed by atoms with van der Waals surface area (Å²) in [5, 5.41) is 24.9. The predicted octanol–water partition coefficient (Wildman–Crippen LogP) is 2.27. The molecule has 2 aromatic rings. The molecule has 2 rings (SSSR count). The van der Waals surface area contributed by atoms with E-state index >= 15 is 0 Å². The fourth-order valence-electron chi connectivity index (χ4n) is 1.67. The zero-order chi connectivity index (χ0) is 16.8. The number of rotatable bonds is 5. The minimum Gasteiger partial charge on any atom is -0.267 e. The molecular formula is C14H10N4O5. The fourth-order valence-corrected chi connectivity index (χ4v) is 1.67. The Balaban J connectivity index is 2.02. The lowest BCUT2D eigenvalue weighted by atomic mass is 10.2. The van der Waals surface area contributed by atoms with Gasteiger partial charge >= 0.3 is 0 Å². The van der Waals surface area contributed by atoms with Crippen molar-refractivity contribution in [2.24, 2.45) is 5.10 Å². The largest absolute Gasteiger partial charge is 0.271 e. The van der Waals surface area contributed by atoms with E-state index in [1.54, 1.807) is 0 Å². The fraction of sp³-hybridized carbons (Fsp3) is 0. The van der Waals surface area contributed by atoms with Crippen LogP contribution in [-0.2, 0) is 0 Å². The second-order valence-electron chi connectivity index (χ2n) is 4.36. The SMILES string of the molecule is O=C(N/N=C/c1ccc([N+](=O)[O-])cc1)c1cccc([N+](=O)[O-])c1. The Morgan fingerprint density at radius 3 is 2.26 bits per heavy atom. The molecule has 0 bridgehead atoms. The molecule has 0 fully saturated rings. The van der Waals surface area contributed by atoms with E-state index in [0.29, 0.717) is 5.56 Å². The number of non-ortho nitro benzene ring substituents is 2. The molecule has 0 atom stereocenters. The molecule has 0 unspecified atom stereocenters. The molecular weight excluding hydrogens is 304 g/mol. The molecule has 0 aromatic heterocycles. The van der Waals surface area contributed by atoms with Crippen molar-refractivity contribution in [3.63, 3.8) is 0 Å². The van der Waals surface area contributed by atoms with Gasteiger partial charge in [-0.3, -0.25) is 25.0 Å². The van der Waals surface area contributed by atoms with Gasteiger partial charge in [-0.2, -0.15) is 5.10 Å². The van der Waals surface area contributed by atoms with Crippen LogP contribution in [0, 0.1) is 20.2 Å². The molecule has 0 saturated carbocycles. The van der Waals surface area contributed by atoms with Crippen molar-refractivity contribution in [2.75, 3.05) is 0 Å². The van der Waals surface area contributed by atoms with Crippen LogP contribution in [0.2, 0.25) is 0 Å². The van der Waals surface area contributed by atoms with E-state index in [1.165, 1.54) is 48.7 Å². The average molecular weight is 314 g/mol. The smallest absolute Gasteiger partial charge is 0.267 e. The molecule has 23 heavy (non-hydrogen) atoms. The number of nitro benzene ring substituents is 2. The lowest BCUT2D eigenvalue weighted by Gasteiger charge is -1.99.